The van der Waals surface area contributed by atoms with E-state index in [0.29, 0.717) is 33.7 Å². The Morgan fingerprint density at radius 2 is 1.67 bits per heavy atom. The molecule has 0 atom stereocenters. The van der Waals surface area contributed by atoms with Gasteiger partial charge in [0.05, 0.1) is 20.7 Å². The van der Waals surface area contributed by atoms with Crippen LogP contribution in [0.4, 0.5) is 22.7 Å². The molecular weight excluding hydrogens is 313 g/mol. The first-order valence-corrected chi connectivity index (χ1v) is 7.02. The predicted octanol–water partition coefficient (Wildman–Crippen LogP) is 5.08. The molecule has 0 fully saturated rings. The molecule has 0 aromatic heterocycles. The number of rotatable bonds is 5. The molecule has 2 N–H and O–H groups in total. The van der Waals surface area contributed by atoms with Crippen LogP contribution in [0.3, 0.4) is 0 Å². The van der Waals surface area contributed by atoms with Crippen molar-refractivity contribution in [2.75, 3.05) is 17.2 Å². The monoisotopic (exact) mass is 325 g/mol. The summed E-state index contributed by atoms with van der Waals surface area (Å²) in [5.74, 6) is 0. The highest BCUT2D eigenvalue weighted by molar-refractivity contribution is 6.39. The third kappa shape index (κ3) is 3.37. The summed E-state index contributed by atoms with van der Waals surface area (Å²) in [6, 6.07) is 10.0. The molecule has 0 bridgehead atoms. The standard InChI is InChI=1S/C14H13Cl2N3O2/c1-2-17-11-7-4-8-12(14(11)19(20)21)18-13-9(15)5-3-6-10(13)16/h3-8,17-18H,2H2,1H3. The van der Waals surface area contributed by atoms with Crippen molar-refractivity contribution in [3.05, 3.63) is 56.6 Å². The van der Waals surface area contributed by atoms with Gasteiger partial charge in [-0.3, -0.25) is 10.1 Å². The summed E-state index contributed by atoms with van der Waals surface area (Å²) in [7, 11) is 0. The molecule has 0 aliphatic rings. The van der Waals surface area contributed by atoms with E-state index < -0.39 is 4.92 Å². The zero-order valence-corrected chi connectivity index (χ0v) is 12.7. The van der Waals surface area contributed by atoms with Crippen molar-refractivity contribution < 1.29 is 4.92 Å². The fourth-order valence-electron chi connectivity index (χ4n) is 1.93. The maximum atomic E-state index is 11.3. The van der Waals surface area contributed by atoms with Gasteiger partial charge >= 0.3 is 5.69 Å². The van der Waals surface area contributed by atoms with Gasteiger partial charge in [0, 0.05) is 6.54 Å². The van der Waals surface area contributed by atoms with E-state index in [1.54, 1.807) is 36.4 Å². The van der Waals surface area contributed by atoms with E-state index in [-0.39, 0.29) is 5.69 Å². The SMILES string of the molecule is CCNc1cccc(Nc2c(Cl)cccc2Cl)c1[N+](=O)[O-]. The quantitative estimate of drug-likeness (QED) is 0.594. The van der Waals surface area contributed by atoms with Gasteiger partial charge in [-0.05, 0) is 31.2 Å². The molecule has 0 unspecified atom stereocenters. The highest BCUT2D eigenvalue weighted by Gasteiger charge is 2.20. The highest BCUT2D eigenvalue weighted by Crippen LogP contribution is 2.38. The summed E-state index contributed by atoms with van der Waals surface area (Å²) in [6.45, 7) is 2.45. The molecular formula is C14H13Cl2N3O2. The fraction of sp³-hybridized carbons (Fsp3) is 0.143. The molecule has 2 aromatic rings. The van der Waals surface area contributed by atoms with Gasteiger partial charge < -0.3 is 10.6 Å². The van der Waals surface area contributed by atoms with Crippen molar-refractivity contribution in [2.24, 2.45) is 0 Å². The molecule has 110 valence electrons. The van der Waals surface area contributed by atoms with E-state index in [1.165, 1.54) is 0 Å². The topological polar surface area (TPSA) is 67.2 Å². The lowest BCUT2D eigenvalue weighted by atomic mass is 10.2. The van der Waals surface area contributed by atoms with Gasteiger partial charge in [0.2, 0.25) is 0 Å². The van der Waals surface area contributed by atoms with Crippen molar-refractivity contribution in [1.82, 2.24) is 0 Å². The van der Waals surface area contributed by atoms with E-state index in [2.05, 4.69) is 10.6 Å². The van der Waals surface area contributed by atoms with Crippen LogP contribution in [-0.2, 0) is 0 Å². The lowest BCUT2D eigenvalue weighted by molar-refractivity contribution is -0.383. The van der Waals surface area contributed by atoms with E-state index in [9.17, 15) is 10.1 Å². The zero-order valence-electron chi connectivity index (χ0n) is 11.2. The number of nitro groups is 1. The summed E-state index contributed by atoms with van der Waals surface area (Å²) >= 11 is 12.2. The van der Waals surface area contributed by atoms with Crippen molar-refractivity contribution in [3.8, 4) is 0 Å². The van der Waals surface area contributed by atoms with Gasteiger partial charge in [0.15, 0.2) is 0 Å². The van der Waals surface area contributed by atoms with Gasteiger partial charge in [-0.2, -0.15) is 0 Å². The second-order valence-electron chi connectivity index (χ2n) is 4.21. The molecule has 0 radical (unpaired) electrons. The smallest absolute Gasteiger partial charge is 0.315 e. The molecule has 0 amide bonds. The minimum Gasteiger partial charge on any atom is -0.380 e. The number of anilines is 3. The first kappa shape index (κ1) is 15.4. The molecule has 2 rings (SSSR count). The molecule has 7 heteroatoms. The Morgan fingerprint density at radius 3 is 2.24 bits per heavy atom. The molecule has 0 aliphatic heterocycles. The molecule has 2 aromatic carbocycles. The van der Waals surface area contributed by atoms with Crippen LogP contribution in [0.2, 0.25) is 10.0 Å². The summed E-state index contributed by atoms with van der Waals surface area (Å²) in [5.41, 5.74) is 1.16. The predicted molar refractivity (Wildman–Crippen MR) is 87.0 cm³/mol. The van der Waals surface area contributed by atoms with Crippen LogP contribution in [0.25, 0.3) is 0 Å². The second kappa shape index (κ2) is 6.65. The van der Waals surface area contributed by atoms with Crippen LogP contribution in [-0.4, -0.2) is 11.5 Å². The average molecular weight is 326 g/mol. The van der Waals surface area contributed by atoms with E-state index >= 15 is 0 Å². The lowest BCUT2D eigenvalue weighted by Crippen LogP contribution is -2.04. The minimum absolute atomic E-state index is 0.0460. The maximum absolute atomic E-state index is 11.3. The highest BCUT2D eigenvalue weighted by atomic mass is 35.5. The Labute approximate surface area is 132 Å². The zero-order chi connectivity index (χ0) is 15.4. The van der Waals surface area contributed by atoms with Gasteiger partial charge in [-0.25, -0.2) is 0 Å². The van der Waals surface area contributed by atoms with Gasteiger partial charge in [0.25, 0.3) is 0 Å². The third-order valence-electron chi connectivity index (χ3n) is 2.81. The van der Waals surface area contributed by atoms with Crippen LogP contribution < -0.4 is 10.6 Å². The van der Waals surface area contributed by atoms with Gasteiger partial charge in [0.1, 0.15) is 11.4 Å². The van der Waals surface area contributed by atoms with Crippen LogP contribution in [0.1, 0.15) is 6.92 Å². The molecule has 0 heterocycles. The number of halogens is 2. The Hall–Kier alpha value is -1.98. The Bertz CT molecular complexity index is 657. The molecule has 5 nitrogen and oxygen atoms in total. The fourth-order valence-corrected chi connectivity index (χ4v) is 2.42. The number of nitro benzene ring substituents is 1. The molecule has 0 aliphatic carbocycles. The van der Waals surface area contributed by atoms with E-state index in [1.807, 2.05) is 6.92 Å². The van der Waals surface area contributed by atoms with Crippen molar-refractivity contribution in [1.29, 1.82) is 0 Å². The van der Waals surface area contributed by atoms with Crippen LogP contribution >= 0.6 is 23.2 Å². The molecule has 0 saturated heterocycles. The van der Waals surface area contributed by atoms with Crippen molar-refractivity contribution >= 4 is 46.0 Å². The number of para-hydroxylation sites is 2. The lowest BCUT2D eigenvalue weighted by Gasteiger charge is -2.13. The third-order valence-corrected chi connectivity index (χ3v) is 3.44. The van der Waals surface area contributed by atoms with Gasteiger partial charge in [-0.15, -0.1) is 0 Å². The maximum Gasteiger partial charge on any atom is 0.315 e. The van der Waals surface area contributed by atoms with Crippen LogP contribution in [0, 0.1) is 10.1 Å². The van der Waals surface area contributed by atoms with Crippen molar-refractivity contribution in [2.45, 2.75) is 6.92 Å². The number of nitrogens with zero attached hydrogens (tertiary/aromatic N) is 1. The molecule has 21 heavy (non-hydrogen) atoms. The summed E-state index contributed by atoms with van der Waals surface area (Å²) < 4.78 is 0. The Balaban J connectivity index is 2.49. The largest absolute Gasteiger partial charge is 0.380 e. The first-order chi connectivity index (χ1) is 10.0. The number of hydrogen-bond donors (Lipinski definition) is 2. The Kier molecular flexibility index (Phi) is 4.88. The van der Waals surface area contributed by atoms with Crippen LogP contribution in [0.5, 0.6) is 0 Å². The summed E-state index contributed by atoms with van der Waals surface area (Å²) in [5, 5.41) is 18.0. The van der Waals surface area contributed by atoms with E-state index in [0.717, 1.165) is 0 Å². The van der Waals surface area contributed by atoms with Gasteiger partial charge in [-0.1, -0.05) is 35.3 Å². The Morgan fingerprint density at radius 1 is 1.10 bits per heavy atom. The number of nitrogens with one attached hydrogen (secondary N) is 2. The normalized spacial score (nSPS) is 10.2. The minimum atomic E-state index is -0.439. The average Bonchev–Trinajstić information content (AvgIpc) is 2.43. The van der Waals surface area contributed by atoms with E-state index in [4.69, 9.17) is 23.2 Å². The first-order valence-electron chi connectivity index (χ1n) is 6.27. The summed E-state index contributed by atoms with van der Waals surface area (Å²) in [6.07, 6.45) is 0. The number of benzene rings is 2. The van der Waals surface area contributed by atoms with Crippen LogP contribution in [0.15, 0.2) is 36.4 Å². The molecule has 0 saturated carbocycles. The summed E-state index contributed by atoms with van der Waals surface area (Å²) in [4.78, 5) is 10.9. The second-order valence-corrected chi connectivity index (χ2v) is 5.03. The molecule has 0 spiro atoms. The number of hydrogen-bond acceptors (Lipinski definition) is 4. The van der Waals surface area contributed by atoms with Crippen molar-refractivity contribution in [3.63, 3.8) is 0 Å².